The fourth-order valence-electron chi connectivity index (χ4n) is 1.39. The van der Waals surface area contributed by atoms with Crippen molar-refractivity contribution in [2.75, 3.05) is 6.61 Å². The molecule has 0 aliphatic rings. The molecule has 2 aromatic rings. The van der Waals surface area contributed by atoms with Crippen LogP contribution in [-0.4, -0.2) is 17.8 Å². The number of benzene rings is 1. The Labute approximate surface area is 96.2 Å². The third-order valence-electron chi connectivity index (χ3n) is 2.07. The van der Waals surface area contributed by atoms with Gasteiger partial charge in [-0.05, 0) is 25.1 Å². The van der Waals surface area contributed by atoms with E-state index in [-0.39, 0.29) is 0 Å². The maximum absolute atomic E-state index is 4.93. The molecule has 0 fully saturated rings. The summed E-state index contributed by atoms with van der Waals surface area (Å²) >= 11 is 3.44. The van der Waals surface area contributed by atoms with Crippen LogP contribution in [0.1, 0.15) is 12.5 Å². The fraction of sp³-hybridized carbons (Fsp3) is 0.182. The molecular formula is C11H11BrN2O. The first-order valence-electron chi connectivity index (χ1n) is 4.73. The second-order valence-electron chi connectivity index (χ2n) is 3.09. The average molecular weight is 267 g/mol. The molecule has 0 saturated carbocycles. The molecule has 1 heterocycles. The van der Waals surface area contributed by atoms with Crippen LogP contribution in [-0.2, 0) is 4.84 Å². The van der Waals surface area contributed by atoms with Gasteiger partial charge in [-0.15, -0.1) is 0 Å². The van der Waals surface area contributed by atoms with Gasteiger partial charge in [-0.3, -0.25) is 0 Å². The minimum absolute atomic E-state index is 0.586. The highest BCUT2D eigenvalue weighted by molar-refractivity contribution is 9.10. The number of rotatable bonds is 3. The van der Waals surface area contributed by atoms with Gasteiger partial charge in [-0.1, -0.05) is 21.1 Å². The Kier molecular flexibility index (Phi) is 3.06. The molecule has 0 atom stereocenters. The van der Waals surface area contributed by atoms with Gasteiger partial charge in [0, 0.05) is 27.1 Å². The van der Waals surface area contributed by atoms with Gasteiger partial charge < -0.3 is 9.82 Å². The lowest BCUT2D eigenvalue weighted by molar-refractivity contribution is 0.160. The Balaban J connectivity index is 2.39. The minimum atomic E-state index is 0.586. The summed E-state index contributed by atoms with van der Waals surface area (Å²) in [6.45, 7) is 2.49. The molecule has 0 saturated heterocycles. The molecule has 4 heteroatoms. The Morgan fingerprint density at radius 1 is 1.53 bits per heavy atom. The van der Waals surface area contributed by atoms with Crippen molar-refractivity contribution >= 4 is 33.0 Å². The van der Waals surface area contributed by atoms with Crippen molar-refractivity contribution in [3.05, 3.63) is 34.4 Å². The van der Waals surface area contributed by atoms with Gasteiger partial charge >= 0.3 is 0 Å². The van der Waals surface area contributed by atoms with E-state index in [0.717, 1.165) is 20.9 Å². The van der Waals surface area contributed by atoms with E-state index in [1.54, 1.807) is 6.21 Å². The molecule has 0 bridgehead atoms. The molecule has 3 nitrogen and oxygen atoms in total. The van der Waals surface area contributed by atoms with E-state index < -0.39 is 0 Å². The summed E-state index contributed by atoms with van der Waals surface area (Å²) in [6.07, 6.45) is 3.63. The zero-order chi connectivity index (χ0) is 10.7. The van der Waals surface area contributed by atoms with Crippen LogP contribution < -0.4 is 0 Å². The number of halogens is 1. The van der Waals surface area contributed by atoms with Crippen LogP contribution in [0.4, 0.5) is 0 Å². The third-order valence-corrected chi connectivity index (χ3v) is 2.56. The Morgan fingerprint density at radius 2 is 2.40 bits per heavy atom. The predicted octanol–water partition coefficient (Wildman–Crippen LogP) is 3.30. The van der Waals surface area contributed by atoms with Gasteiger partial charge in [0.2, 0.25) is 0 Å². The number of hydrogen-bond donors (Lipinski definition) is 1. The Hall–Kier alpha value is -1.29. The number of H-pyrrole nitrogens is 1. The summed E-state index contributed by atoms with van der Waals surface area (Å²) in [5.74, 6) is 0. The quantitative estimate of drug-likeness (QED) is 0.672. The molecule has 0 spiro atoms. The van der Waals surface area contributed by atoms with Crippen molar-refractivity contribution in [3.8, 4) is 0 Å². The molecule has 0 radical (unpaired) electrons. The summed E-state index contributed by atoms with van der Waals surface area (Å²) in [5, 5.41) is 4.98. The van der Waals surface area contributed by atoms with Gasteiger partial charge in [0.05, 0.1) is 6.21 Å². The minimum Gasteiger partial charge on any atom is -0.396 e. The molecule has 1 aromatic heterocycles. The highest BCUT2D eigenvalue weighted by atomic mass is 79.9. The molecule has 15 heavy (non-hydrogen) atoms. The Morgan fingerprint density at radius 3 is 3.20 bits per heavy atom. The lowest BCUT2D eigenvalue weighted by Crippen LogP contribution is -1.82. The first-order valence-corrected chi connectivity index (χ1v) is 5.52. The van der Waals surface area contributed by atoms with Crippen LogP contribution >= 0.6 is 15.9 Å². The standard InChI is InChI=1S/C11H11BrN2O/c1-2-15-14-7-8-6-13-11-4-3-9(12)5-10(8)11/h3-7,13H,2H2,1H3/b14-7+. The van der Waals surface area contributed by atoms with Crippen molar-refractivity contribution in [1.82, 2.24) is 4.98 Å². The van der Waals surface area contributed by atoms with E-state index in [0.29, 0.717) is 6.61 Å². The van der Waals surface area contributed by atoms with Crippen molar-refractivity contribution in [3.63, 3.8) is 0 Å². The summed E-state index contributed by atoms with van der Waals surface area (Å²) < 4.78 is 1.06. The molecule has 0 aliphatic heterocycles. The topological polar surface area (TPSA) is 37.4 Å². The van der Waals surface area contributed by atoms with Gasteiger partial charge in [-0.2, -0.15) is 0 Å². The third kappa shape index (κ3) is 2.21. The van der Waals surface area contributed by atoms with Crippen molar-refractivity contribution in [2.24, 2.45) is 5.16 Å². The number of oxime groups is 1. The molecule has 1 N–H and O–H groups in total. The summed E-state index contributed by atoms with van der Waals surface area (Å²) in [7, 11) is 0. The van der Waals surface area contributed by atoms with Crippen molar-refractivity contribution < 1.29 is 4.84 Å². The number of fused-ring (bicyclic) bond motifs is 1. The van der Waals surface area contributed by atoms with Gasteiger partial charge in [0.25, 0.3) is 0 Å². The SMILES string of the molecule is CCO/N=C/c1c[nH]c2ccc(Br)cc12. The molecule has 78 valence electrons. The number of nitrogens with zero attached hydrogens (tertiary/aromatic N) is 1. The zero-order valence-corrected chi connectivity index (χ0v) is 9.91. The summed E-state index contributed by atoms with van der Waals surface area (Å²) in [5.41, 5.74) is 2.12. The largest absolute Gasteiger partial charge is 0.396 e. The first kappa shape index (κ1) is 10.2. The van der Waals surface area contributed by atoms with Crippen molar-refractivity contribution in [1.29, 1.82) is 0 Å². The molecule has 1 aromatic carbocycles. The van der Waals surface area contributed by atoms with Crippen LogP contribution in [0.2, 0.25) is 0 Å². The monoisotopic (exact) mass is 266 g/mol. The van der Waals surface area contributed by atoms with Crippen molar-refractivity contribution in [2.45, 2.75) is 6.92 Å². The normalized spacial score (nSPS) is 11.3. The fourth-order valence-corrected chi connectivity index (χ4v) is 1.75. The lowest BCUT2D eigenvalue weighted by Gasteiger charge is -1.93. The number of hydrogen-bond acceptors (Lipinski definition) is 2. The maximum atomic E-state index is 4.93. The van der Waals surface area contributed by atoms with Gasteiger partial charge in [-0.25, -0.2) is 0 Å². The van der Waals surface area contributed by atoms with Crippen LogP contribution in [0.15, 0.2) is 34.0 Å². The number of aromatic nitrogens is 1. The summed E-state index contributed by atoms with van der Waals surface area (Å²) in [4.78, 5) is 8.10. The van der Waals surface area contributed by atoms with Crippen LogP contribution in [0.3, 0.4) is 0 Å². The summed E-state index contributed by atoms with van der Waals surface area (Å²) in [6, 6.07) is 6.08. The second-order valence-corrected chi connectivity index (χ2v) is 4.00. The van der Waals surface area contributed by atoms with E-state index in [1.165, 1.54) is 0 Å². The first-order chi connectivity index (χ1) is 7.31. The van der Waals surface area contributed by atoms with Gasteiger partial charge in [0.15, 0.2) is 0 Å². The number of nitrogens with one attached hydrogen (secondary N) is 1. The number of aromatic amines is 1. The smallest absolute Gasteiger partial charge is 0.114 e. The lowest BCUT2D eigenvalue weighted by atomic mass is 10.2. The van der Waals surface area contributed by atoms with E-state index in [2.05, 4.69) is 32.1 Å². The van der Waals surface area contributed by atoms with E-state index in [4.69, 9.17) is 4.84 Å². The highest BCUT2D eigenvalue weighted by Crippen LogP contribution is 2.21. The average Bonchev–Trinajstić information content (AvgIpc) is 2.62. The zero-order valence-electron chi connectivity index (χ0n) is 8.33. The second kappa shape index (κ2) is 4.49. The van der Waals surface area contributed by atoms with Crippen LogP contribution in [0.25, 0.3) is 10.9 Å². The molecule has 0 amide bonds. The van der Waals surface area contributed by atoms with Gasteiger partial charge in [0.1, 0.15) is 6.61 Å². The molecular weight excluding hydrogens is 256 g/mol. The van der Waals surface area contributed by atoms with Crippen LogP contribution in [0, 0.1) is 0 Å². The van der Waals surface area contributed by atoms with E-state index >= 15 is 0 Å². The molecule has 0 unspecified atom stereocenters. The van der Waals surface area contributed by atoms with E-state index in [9.17, 15) is 0 Å². The van der Waals surface area contributed by atoms with Crippen LogP contribution in [0.5, 0.6) is 0 Å². The van der Waals surface area contributed by atoms with E-state index in [1.807, 2.05) is 25.3 Å². The molecule has 2 rings (SSSR count). The Bertz CT molecular complexity index is 490. The molecule has 0 aliphatic carbocycles. The maximum Gasteiger partial charge on any atom is 0.114 e. The predicted molar refractivity (Wildman–Crippen MR) is 65.2 cm³/mol. The highest BCUT2D eigenvalue weighted by Gasteiger charge is 2.01.